The maximum absolute atomic E-state index is 12.1. The topological polar surface area (TPSA) is 51.5 Å². The number of carbonyl (C=O) groups excluding carboxylic acids is 1. The normalized spacial score (nSPS) is 11.1. The predicted molar refractivity (Wildman–Crippen MR) is 93.2 cm³/mol. The molecule has 0 atom stereocenters. The van der Waals surface area contributed by atoms with Crippen LogP contribution in [0.5, 0.6) is 0 Å². The van der Waals surface area contributed by atoms with Crippen molar-refractivity contribution in [2.45, 2.75) is 0 Å². The summed E-state index contributed by atoms with van der Waals surface area (Å²) >= 11 is 5.93. The molecule has 0 aliphatic heterocycles. The maximum Gasteiger partial charge on any atom is 0.365 e. The lowest BCUT2D eigenvalue weighted by Crippen LogP contribution is -2.08. The Bertz CT molecular complexity index is 848. The number of hydrogen-bond donors (Lipinski definition) is 0. The third-order valence-corrected chi connectivity index (χ3v) is 3.53. The molecule has 5 heteroatoms. The van der Waals surface area contributed by atoms with Gasteiger partial charge in [-0.3, -0.25) is 4.98 Å². The van der Waals surface area contributed by atoms with Gasteiger partial charge >= 0.3 is 5.97 Å². The van der Waals surface area contributed by atoms with E-state index in [1.165, 1.54) is 0 Å². The molecule has 0 fully saturated rings. The first-order valence-electron chi connectivity index (χ1n) is 7.25. The number of oxime groups is 1. The van der Waals surface area contributed by atoms with Crippen molar-refractivity contribution in [3.05, 3.63) is 101 Å². The van der Waals surface area contributed by atoms with Crippen molar-refractivity contribution in [2.24, 2.45) is 5.16 Å². The van der Waals surface area contributed by atoms with Crippen LogP contribution in [0.4, 0.5) is 0 Å². The fraction of sp³-hybridized carbons (Fsp3) is 0. The van der Waals surface area contributed by atoms with Gasteiger partial charge in [-0.2, -0.15) is 0 Å². The molecule has 0 radical (unpaired) electrons. The van der Waals surface area contributed by atoms with Gasteiger partial charge < -0.3 is 4.84 Å². The van der Waals surface area contributed by atoms with E-state index in [-0.39, 0.29) is 0 Å². The minimum Gasteiger partial charge on any atom is -0.312 e. The number of carbonyl (C=O) groups is 1. The van der Waals surface area contributed by atoms with Crippen LogP contribution in [-0.2, 0) is 4.84 Å². The van der Waals surface area contributed by atoms with Crippen LogP contribution in [0.2, 0.25) is 5.02 Å². The first kappa shape index (κ1) is 15.9. The highest BCUT2D eigenvalue weighted by atomic mass is 35.5. The van der Waals surface area contributed by atoms with E-state index in [2.05, 4.69) is 10.1 Å². The van der Waals surface area contributed by atoms with Gasteiger partial charge in [0.15, 0.2) is 0 Å². The zero-order valence-corrected chi connectivity index (χ0v) is 13.4. The standard InChI is InChI=1S/C19H13ClN2O2/c20-17-10-8-14(9-11-17)18(16-7-4-12-21-13-16)22-24-19(23)15-5-2-1-3-6-15/h1-13H/b22-18+. The zero-order chi connectivity index (χ0) is 16.8. The summed E-state index contributed by atoms with van der Waals surface area (Å²) in [5.74, 6) is -0.522. The maximum atomic E-state index is 12.1. The molecule has 0 saturated carbocycles. The Labute approximate surface area is 144 Å². The minimum atomic E-state index is -0.522. The van der Waals surface area contributed by atoms with Crippen LogP contribution < -0.4 is 0 Å². The lowest BCUT2D eigenvalue weighted by Gasteiger charge is -2.06. The second-order valence-corrected chi connectivity index (χ2v) is 5.37. The van der Waals surface area contributed by atoms with Gasteiger partial charge in [-0.25, -0.2) is 4.79 Å². The molecule has 4 nitrogen and oxygen atoms in total. The number of hydrogen-bond acceptors (Lipinski definition) is 4. The van der Waals surface area contributed by atoms with Crippen LogP contribution in [-0.4, -0.2) is 16.7 Å². The summed E-state index contributed by atoms with van der Waals surface area (Å²) < 4.78 is 0. The average molecular weight is 337 g/mol. The van der Waals surface area contributed by atoms with Crippen molar-refractivity contribution >= 4 is 23.3 Å². The number of rotatable bonds is 4. The number of pyridine rings is 1. The molecule has 2 aromatic carbocycles. The number of halogens is 1. The van der Waals surface area contributed by atoms with E-state index in [1.54, 1.807) is 54.9 Å². The van der Waals surface area contributed by atoms with Crippen LogP contribution >= 0.6 is 11.6 Å². The Morgan fingerprint density at radius 3 is 2.25 bits per heavy atom. The molecule has 24 heavy (non-hydrogen) atoms. The summed E-state index contributed by atoms with van der Waals surface area (Å²) in [7, 11) is 0. The average Bonchev–Trinajstić information content (AvgIpc) is 2.65. The van der Waals surface area contributed by atoms with E-state index in [0.717, 1.165) is 11.1 Å². The lowest BCUT2D eigenvalue weighted by atomic mass is 10.0. The molecule has 0 spiro atoms. The Kier molecular flexibility index (Phi) is 4.99. The molecular formula is C19H13ClN2O2. The SMILES string of the molecule is O=C(O/N=C(\c1ccc(Cl)cc1)c1cccnc1)c1ccccc1. The molecule has 0 unspecified atom stereocenters. The second-order valence-electron chi connectivity index (χ2n) is 4.93. The first-order valence-corrected chi connectivity index (χ1v) is 7.62. The fourth-order valence-corrected chi connectivity index (χ4v) is 2.22. The third kappa shape index (κ3) is 3.86. The summed E-state index contributed by atoms with van der Waals surface area (Å²) in [5.41, 5.74) is 2.45. The molecule has 1 heterocycles. The molecule has 1 aromatic heterocycles. The highest BCUT2D eigenvalue weighted by Gasteiger charge is 2.11. The molecule has 0 aliphatic carbocycles. The molecule has 118 valence electrons. The molecule has 0 aliphatic rings. The van der Waals surface area contributed by atoms with Crippen molar-refractivity contribution in [3.8, 4) is 0 Å². The molecular weight excluding hydrogens is 324 g/mol. The van der Waals surface area contributed by atoms with Crippen molar-refractivity contribution in [1.29, 1.82) is 0 Å². The minimum absolute atomic E-state index is 0.433. The van der Waals surface area contributed by atoms with Crippen LogP contribution in [0, 0.1) is 0 Å². The van der Waals surface area contributed by atoms with Crippen molar-refractivity contribution in [2.75, 3.05) is 0 Å². The Morgan fingerprint density at radius 1 is 0.875 bits per heavy atom. The van der Waals surface area contributed by atoms with Gasteiger partial charge in [-0.15, -0.1) is 0 Å². The van der Waals surface area contributed by atoms with Crippen molar-refractivity contribution in [1.82, 2.24) is 4.98 Å². The molecule has 0 N–H and O–H groups in total. The largest absolute Gasteiger partial charge is 0.365 e. The lowest BCUT2D eigenvalue weighted by molar-refractivity contribution is 0.0517. The smallest absolute Gasteiger partial charge is 0.312 e. The Hall–Kier alpha value is -2.98. The van der Waals surface area contributed by atoms with E-state index < -0.39 is 5.97 Å². The van der Waals surface area contributed by atoms with Gasteiger partial charge in [0.25, 0.3) is 0 Å². The van der Waals surface area contributed by atoms with Gasteiger partial charge in [0, 0.05) is 28.5 Å². The Morgan fingerprint density at radius 2 is 1.58 bits per heavy atom. The summed E-state index contributed by atoms with van der Waals surface area (Å²) in [6, 6.07) is 19.5. The van der Waals surface area contributed by atoms with Crippen molar-refractivity contribution < 1.29 is 9.63 Å². The second kappa shape index (κ2) is 7.53. The summed E-state index contributed by atoms with van der Waals surface area (Å²) in [6.07, 6.45) is 3.32. The number of nitrogens with zero attached hydrogens (tertiary/aromatic N) is 2. The predicted octanol–water partition coefficient (Wildman–Crippen LogP) is 4.34. The van der Waals surface area contributed by atoms with Crippen LogP contribution in [0.25, 0.3) is 0 Å². The van der Waals surface area contributed by atoms with E-state index >= 15 is 0 Å². The molecule has 3 rings (SSSR count). The highest BCUT2D eigenvalue weighted by molar-refractivity contribution is 6.30. The quantitative estimate of drug-likeness (QED) is 0.404. The summed E-state index contributed by atoms with van der Waals surface area (Å²) in [4.78, 5) is 21.3. The Balaban J connectivity index is 1.93. The van der Waals surface area contributed by atoms with Gasteiger partial charge in [0.1, 0.15) is 5.71 Å². The van der Waals surface area contributed by atoms with E-state index in [1.807, 2.05) is 24.3 Å². The number of aromatic nitrogens is 1. The van der Waals surface area contributed by atoms with Gasteiger partial charge in [0.05, 0.1) is 5.56 Å². The van der Waals surface area contributed by atoms with Crippen LogP contribution in [0.1, 0.15) is 21.5 Å². The first-order chi connectivity index (χ1) is 11.7. The van der Waals surface area contributed by atoms with Crippen LogP contribution in [0.15, 0.2) is 84.3 Å². The summed E-state index contributed by atoms with van der Waals surface area (Å²) in [5, 5.41) is 4.67. The van der Waals surface area contributed by atoms with Gasteiger partial charge in [-0.1, -0.05) is 47.1 Å². The molecule has 3 aromatic rings. The van der Waals surface area contributed by atoms with Gasteiger partial charge in [-0.05, 0) is 36.4 Å². The number of benzene rings is 2. The van der Waals surface area contributed by atoms with E-state index in [9.17, 15) is 4.79 Å². The molecule has 0 saturated heterocycles. The zero-order valence-electron chi connectivity index (χ0n) is 12.6. The molecule has 0 amide bonds. The highest BCUT2D eigenvalue weighted by Crippen LogP contribution is 2.15. The summed E-state index contributed by atoms with van der Waals surface area (Å²) in [6.45, 7) is 0. The molecule has 0 bridgehead atoms. The van der Waals surface area contributed by atoms with E-state index in [4.69, 9.17) is 16.4 Å². The third-order valence-electron chi connectivity index (χ3n) is 3.28. The van der Waals surface area contributed by atoms with Gasteiger partial charge in [0.2, 0.25) is 0 Å². The fourth-order valence-electron chi connectivity index (χ4n) is 2.10. The van der Waals surface area contributed by atoms with E-state index in [0.29, 0.717) is 16.3 Å². The monoisotopic (exact) mass is 336 g/mol. The van der Waals surface area contributed by atoms with Crippen LogP contribution in [0.3, 0.4) is 0 Å². The van der Waals surface area contributed by atoms with Crippen molar-refractivity contribution in [3.63, 3.8) is 0 Å².